The molecule has 0 spiro atoms. The molecule has 26 heavy (non-hydrogen) atoms. The minimum Gasteiger partial charge on any atom is -0.427 e. The third-order valence-corrected chi connectivity index (χ3v) is 4.48. The van der Waals surface area contributed by atoms with Gasteiger partial charge in [-0.1, -0.05) is 17.7 Å². The number of nitrogens with zero attached hydrogens (tertiary/aromatic N) is 3. The van der Waals surface area contributed by atoms with Gasteiger partial charge in [0.25, 0.3) is 0 Å². The largest absolute Gasteiger partial charge is 0.427 e. The number of hydrazone groups is 1. The van der Waals surface area contributed by atoms with Crippen LogP contribution in [0.15, 0.2) is 53.6 Å². The summed E-state index contributed by atoms with van der Waals surface area (Å²) in [5.74, 6) is 0.246. The van der Waals surface area contributed by atoms with Crippen LogP contribution < -0.4 is 9.64 Å². The van der Waals surface area contributed by atoms with Gasteiger partial charge in [-0.15, -0.1) is 0 Å². The van der Waals surface area contributed by atoms with Crippen LogP contribution in [-0.4, -0.2) is 42.9 Å². The standard InChI is InChI=1S/C21H25N3O2/c1-16-4-8-20(9-5-16)23-12-14-24(15-13-23)22-17(2)19-6-10-21(11-7-19)26-18(3)25/h4-11H,12-15H2,1-3H3. The first-order valence-electron chi connectivity index (χ1n) is 8.92. The maximum atomic E-state index is 11.0. The van der Waals surface area contributed by atoms with Crippen molar-refractivity contribution in [2.45, 2.75) is 20.8 Å². The number of anilines is 1. The number of hydrogen-bond donors (Lipinski definition) is 0. The second-order valence-corrected chi connectivity index (χ2v) is 6.58. The zero-order chi connectivity index (χ0) is 18.5. The van der Waals surface area contributed by atoms with Crippen LogP contribution in [0, 0.1) is 6.92 Å². The predicted molar refractivity (Wildman–Crippen MR) is 105 cm³/mol. The van der Waals surface area contributed by atoms with Gasteiger partial charge in [0.05, 0.1) is 18.8 Å². The van der Waals surface area contributed by atoms with Crippen LogP contribution in [-0.2, 0) is 4.79 Å². The summed E-state index contributed by atoms with van der Waals surface area (Å²) in [5.41, 5.74) is 4.55. The zero-order valence-corrected chi connectivity index (χ0v) is 15.6. The van der Waals surface area contributed by atoms with E-state index < -0.39 is 0 Å². The Morgan fingerprint density at radius 2 is 1.54 bits per heavy atom. The molecule has 0 radical (unpaired) electrons. The van der Waals surface area contributed by atoms with Gasteiger partial charge in [0, 0.05) is 25.7 Å². The summed E-state index contributed by atoms with van der Waals surface area (Å²) in [4.78, 5) is 13.4. The van der Waals surface area contributed by atoms with E-state index in [1.54, 1.807) is 12.1 Å². The average molecular weight is 351 g/mol. The van der Waals surface area contributed by atoms with Crippen molar-refractivity contribution in [3.63, 3.8) is 0 Å². The molecule has 0 amide bonds. The minimum absolute atomic E-state index is 0.311. The zero-order valence-electron chi connectivity index (χ0n) is 15.6. The Hall–Kier alpha value is -2.82. The molecular weight excluding hydrogens is 326 g/mol. The molecule has 0 bridgehead atoms. The molecule has 5 nitrogen and oxygen atoms in total. The second kappa shape index (κ2) is 8.04. The second-order valence-electron chi connectivity index (χ2n) is 6.58. The number of piperazine rings is 1. The van der Waals surface area contributed by atoms with E-state index in [1.165, 1.54) is 18.2 Å². The van der Waals surface area contributed by atoms with Crippen molar-refractivity contribution in [2.75, 3.05) is 31.1 Å². The fourth-order valence-corrected chi connectivity index (χ4v) is 3.01. The molecule has 1 fully saturated rings. The third-order valence-electron chi connectivity index (χ3n) is 4.48. The molecule has 2 aromatic carbocycles. The summed E-state index contributed by atoms with van der Waals surface area (Å²) in [6, 6.07) is 16.1. The normalized spacial score (nSPS) is 15.1. The Morgan fingerprint density at radius 1 is 0.923 bits per heavy atom. The van der Waals surface area contributed by atoms with Gasteiger partial charge in [-0.05, 0) is 55.8 Å². The predicted octanol–water partition coefficient (Wildman–Crippen LogP) is 3.47. The lowest BCUT2D eigenvalue weighted by atomic mass is 10.1. The number of esters is 1. The van der Waals surface area contributed by atoms with Crippen molar-refractivity contribution in [1.29, 1.82) is 0 Å². The van der Waals surface area contributed by atoms with E-state index in [0.717, 1.165) is 37.5 Å². The van der Waals surface area contributed by atoms with E-state index in [0.29, 0.717) is 5.75 Å². The molecule has 0 aliphatic carbocycles. The first kappa shape index (κ1) is 18.0. The Bertz CT molecular complexity index is 774. The lowest BCUT2D eigenvalue weighted by Crippen LogP contribution is -2.44. The van der Waals surface area contributed by atoms with Crippen LogP contribution in [0.5, 0.6) is 5.75 Å². The fourth-order valence-electron chi connectivity index (χ4n) is 3.01. The first-order valence-corrected chi connectivity index (χ1v) is 8.92. The smallest absolute Gasteiger partial charge is 0.308 e. The third kappa shape index (κ3) is 4.63. The van der Waals surface area contributed by atoms with Gasteiger partial charge in [0.15, 0.2) is 0 Å². The average Bonchev–Trinajstić information content (AvgIpc) is 2.63. The molecular formula is C21H25N3O2. The van der Waals surface area contributed by atoms with Crippen LogP contribution in [0.25, 0.3) is 0 Å². The summed E-state index contributed by atoms with van der Waals surface area (Å²) in [7, 11) is 0. The molecule has 136 valence electrons. The van der Waals surface area contributed by atoms with Crippen molar-refractivity contribution < 1.29 is 9.53 Å². The van der Waals surface area contributed by atoms with Crippen LogP contribution in [0.3, 0.4) is 0 Å². The number of carbonyl (C=O) groups is 1. The van der Waals surface area contributed by atoms with Crippen molar-refractivity contribution in [1.82, 2.24) is 5.01 Å². The Kier molecular flexibility index (Phi) is 5.56. The van der Waals surface area contributed by atoms with Crippen molar-refractivity contribution >= 4 is 17.4 Å². The van der Waals surface area contributed by atoms with Crippen molar-refractivity contribution in [3.8, 4) is 5.75 Å². The molecule has 0 saturated carbocycles. The Balaban J connectivity index is 1.58. The van der Waals surface area contributed by atoms with Crippen LogP contribution in [0.2, 0.25) is 0 Å². The molecule has 5 heteroatoms. The maximum absolute atomic E-state index is 11.0. The van der Waals surface area contributed by atoms with Crippen LogP contribution >= 0.6 is 0 Å². The monoisotopic (exact) mass is 351 g/mol. The summed E-state index contributed by atoms with van der Waals surface area (Å²) in [6.07, 6.45) is 0. The highest BCUT2D eigenvalue weighted by Crippen LogP contribution is 2.18. The highest BCUT2D eigenvalue weighted by molar-refractivity contribution is 5.98. The molecule has 0 aromatic heterocycles. The van der Waals surface area contributed by atoms with E-state index in [4.69, 9.17) is 9.84 Å². The van der Waals surface area contributed by atoms with Gasteiger partial charge >= 0.3 is 5.97 Å². The molecule has 0 atom stereocenters. The van der Waals surface area contributed by atoms with Gasteiger partial charge < -0.3 is 9.64 Å². The SMILES string of the molecule is CC(=O)Oc1ccc(C(C)=NN2CCN(c3ccc(C)cc3)CC2)cc1. The lowest BCUT2D eigenvalue weighted by Gasteiger charge is -2.35. The van der Waals surface area contributed by atoms with E-state index in [9.17, 15) is 4.79 Å². The Morgan fingerprint density at radius 3 is 2.12 bits per heavy atom. The molecule has 2 aromatic rings. The summed E-state index contributed by atoms with van der Waals surface area (Å²) in [5, 5.41) is 6.88. The molecule has 0 unspecified atom stereocenters. The van der Waals surface area contributed by atoms with E-state index in [2.05, 4.69) is 41.1 Å². The lowest BCUT2D eigenvalue weighted by molar-refractivity contribution is -0.131. The maximum Gasteiger partial charge on any atom is 0.308 e. The van der Waals surface area contributed by atoms with Crippen LogP contribution in [0.1, 0.15) is 25.0 Å². The van der Waals surface area contributed by atoms with E-state index >= 15 is 0 Å². The summed E-state index contributed by atoms with van der Waals surface area (Å²) < 4.78 is 5.07. The van der Waals surface area contributed by atoms with E-state index in [1.807, 2.05) is 19.1 Å². The number of aryl methyl sites for hydroxylation is 1. The van der Waals surface area contributed by atoms with Gasteiger partial charge in [-0.3, -0.25) is 9.80 Å². The molecule has 0 N–H and O–H groups in total. The van der Waals surface area contributed by atoms with Crippen molar-refractivity contribution in [3.05, 3.63) is 59.7 Å². The highest BCUT2D eigenvalue weighted by atomic mass is 16.5. The van der Waals surface area contributed by atoms with Crippen LogP contribution in [0.4, 0.5) is 5.69 Å². The number of rotatable bonds is 4. The number of carbonyl (C=O) groups excluding carboxylic acids is 1. The quantitative estimate of drug-likeness (QED) is 0.481. The number of hydrogen-bond acceptors (Lipinski definition) is 5. The van der Waals surface area contributed by atoms with Gasteiger partial charge in [0.1, 0.15) is 5.75 Å². The summed E-state index contributed by atoms with van der Waals surface area (Å²) >= 11 is 0. The van der Waals surface area contributed by atoms with Crippen molar-refractivity contribution in [2.24, 2.45) is 5.10 Å². The number of ether oxygens (including phenoxy) is 1. The van der Waals surface area contributed by atoms with Gasteiger partial charge in [0.2, 0.25) is 0 Å². The molecule has 1 heterocycles. The van der Waals surface area contributed by atoms with Gasteiger partial charge in [-0.2, -0.15) is 5.10 Å². The summed E-state index contributed by atoms with van der Waals surface area (Å²) in [6.45, 7) is 9.24. The first-order chi connectivity index (χ1) is 12.5. The molecule has 1 aliphatic heterocycles. The highest BCUT2D eigenvalue weighted by Gasteiger charge is 2.16. The number of benzene rings is 2. The molecule has 1 aliphatic rings. The molecule has 3 rings (SSSR count). The minimum atomic E-state index is -0.311. The van der Waals surface area contributed by atoms with Gasteiger partial charge in [-0.25, -0.2) is 0 Å². The topological polar surface area (TPSA) is 45.1 Å². The molecule has 1 saturated heterocycles. The fraction of sp³-hybridized carbons (Fsp3) is 0.333. The van der Waals surface area contributed by atoms with E-state index in [-0.39, 0.29) is 5.97 Å². The Labute approximate surface area is 154 Å².